The van der Waals surface area contributed by atoms with Crippen molar-refractivity contribution in [3.05, 3.63) is 83.3 Å². The van der Waals surface area contributed by atoms with Gasteiger partial charge in [0.15, 0.2) is 0 Å². The predicted molar refractivity (Wildman–Crippen MR) is 107 cm³/mol. The van der Waals surface area contributed by atoms with Gasteiger partial charge in [-0.2, -0.15) is 0 Å². The summed E-state index contributed by atoms with van der Waals surface area (Å²) < 4.78 is 32.8. The Kier molecular flexibility index (Phi) is 5.49. The van der Waals surface area contributed by atoms with Crippen molar-refractivity contribution in [1.82, 2.24) is 15.1 Å². The van der Waals surface area contributed by atoms with Crippen LogP contribution < -0.4 is 5.32 Å². The second kappa shape index (κ2) is 8.38. The highest BCUT2D eigenvalue weighted by molar-refractivity contribution is 6.31. The van der Waals surface area contributed by atoms with E-state index in [2.05, 4.69) is 20.4 Å². The number of carbonyl (C=O) groups is 1. The van der Waals surface area contributed by atoms with Crippen LogP contribution in [0.5, 0.6) is 0 Å². The Bertz CT molecular complexity index is 1210. The Labute approximate surface area is 174 Å². The summed E-state index contributed by atoms with van der Waals surface area (Å²) in [5.74, 6) is -1.55. The van der Waals surface area contributed by atoms with Crippen molar-refractivity contribution >= 4 is 23.4 Å². The first-order valence-electron chi connectivity index (χ1n) is 8.77. The van der Waals surface area contributed by atoms with Gasteiger partial charge in [-0.15, -0.1) is 0 Å². The molecule has 0 atom stereocenters. The normalized spacial score (nSPS) is 10.8. The minimum absolute atomic E-state index is 0.0190. The van der Waals surface area contributed by atoms with E-state index in [1.807, 2.05) is 0 Å². The molecule has 0 unspecified atom stereocenters. The number of amides is 1. The summed E-state index contributed by atoms with van der Waals surface area (Å²) in [7, 11) is 0. The van der Waals surface area contributed by atoms with Crippen molar-refractivity contribution in [2.75, 3.05) is 5.32 Å². The summed E-state index contributed by atoms with van der Waals surface area (Å²) in [5, 5.41) is 6.52. The van der Waals surface area contributed by atoms with Crippen LogP contribution >= 0.6 is 11.6 Å². The molecule has 0 saturated carbocycles. The van der Waals surface area contributed by atoms with Crippen LogP contribution in [0.2, 0.25) is 5.02 Å². The fraction of sp³-hybridized carbons (Fsp3) is 0.0476. The molecule has 9 heteroatoms. The van der Waals surface area contributed by atoms with Crippen LogP contribution in [0, 0.1) is 11.6 Å². The molecule has 0 bridgehead atoms. The van der Waals surface area contributed by atoms with Gasteiger partial charge in [-0.3, -0.25) is 10.1 Å². The number of hydrogen-bond acceptors (Lipinski definition) is 5. The number of carbonyl (C=O) groups excluding carboxylic acids is 1. The van der Waals surface area contributed by atoms with Gasteiger partial charge < -0.3 is 4.52 Å². The average molecular weight is 427 g/mol. The van der Waals surface area contributed by atoms with Crippen LogP contribution in [-0.2, 0) is 11.2 Å². The minimum Gasteiger partial charge on any atom is -0.337 e. The van der Waals surface area contributed by atoms with E-state index in [-0.39, 0.29) is 22.9 Å². The van der Waals surface area contributed by atoms with Crippen molar-refractivity contribution in [2.45, 2.75) is 6.42 Å². The lowest BCUT2D eigenvalue weighted by molar-refractivity contribution is -0.115. The third kappa shape index (κ3) is 4.04. The highest BCUT2D eigenvalue weighted by Crippen LogP contribution is 2.37. The number of halogens is 3. The fourth-order valence-corrected chi connectivity index (χ4v) is 3.06. The Morgan fingerprint density at radius 3 is 2.67 bits per heavy atom. The van der Waals surface area contributed by atoms with Crippen molar-refractivity contribution < 1.29 is 18.1 Å². The lowest BCUT2D eigenvalue weighted by Gasteiger charge is -2.06. The molecule has 4 rings (SSSR count). The molecule has 2 aromatic carbocycles. The maximum Gasteiger partial charge on any atom is 0.241 e. The van der Waals surface area contributed by atoms with Gasteiger partial charge in [-0.1, -0.05) is 35.0 Å². The average Bonchev–Trinajstić information content (AvgIpc) is 3.15. The van der Waals surface area contributed by atoms with E-state index in [0.29, 0.717) is 22.5 Å². The van der Waals surface area contributed by atoms with Crippen molar-refractivity contribution in [2.24, 2.45) is 0 Å². The van der Waals surface area contributed by atoms with Gasteiger partial charge in [0.2, 0.25) is 11.8 Å². The number of rotatable bonds is 5. The van der Waals surface area contributed by atoms with E-state index in [1.54, 1.807) is 18.2 Å². The zero-order valence-electron chi connectivity index (χ0n) is 15.3. The van der Waals surface area contributed by atoms with Crippen molar-refractivity contribution in [3.63, 3.8) is 0 Å². The molecule has 1 amide bonds. The standard InChI is InChI=1S/C21H13ClF2N4O2/c22-14-9-13(5-6-16(14)24)20-19(17-7-8-25-11-26-17)21(30-28-20)27-18(29)10-12-3-1-2-4-15(12)23/h1-9,11H,10H2,(H,27,29). The molecule has 0 saturated heterocycles. The molecule has 6 nitrogen and oxygen atoms in total. The largest absolute Gasteiger partial charge is 0.337 e. The van der Waals surface area contributed by atoms with Crippen LogP contribution in [0.4, 0.5) is 14.7 Å². The maximum absolute atomic E-state index is 13.9. The number of hydrogen-bond donors (Lipinski definition) is 1. The molecule has 30 heavy (non-hydrogen) atoms. The van der Waals surface area contributed by atoms with Gasteiger partial charge in [0.1, 0.15) is 23.7 Å². The van der Waals surface area contributed by atoms with Crippen LogP contribution in [0.15, 0.2) is 65.6 Å². The minimum atomic E-state index is -0.578. The highest BCUT2D eigenvalue weighted by atomic mass is 35.5. The first-order valence-corrected chi connectivity index (χ1v) is 9.15. The second-order valence-electron chi connectivity index (χ2n) is 6.28. The molecule has 0 aliphatic carbocycles. The second-order valence-corrected chi connectivity index (χ2v) is 6.68. The molecule has 0 aliphatic heterocycles. The third-order valence-corrected chi connectivity index (χ3v) is 4.57. The Balaban J connectivity index is 1.71. The summed E-state index contributed by atoms with van der Waals surface area (Å²) in [4.78, 5) is 20.6. The van der Waals surface area contributed by atoms with Gasteiger partial charge in [0.05, 0.1) is 22.7 Å². The first-order chi connectivity index (χ1) is 14.5. The van der Waals surface area contributed by atoms with Gasteiger partial charge in [0, 0.05) is 11.8 Å². The van der Waals surface area contributed by atoms with Gasteiger partial charge >= 0.3 is 0 Å². The first kappa shape index (κ1) is 19.7. The molecular formula is C21H13ClF2N4O2. The maximum atomic E-state index is 13.9. The monoisotopic (exact) mass is 426 g/mol. The van der Waals surface area contributed by atoms with Crippen LogP contribution in [0.3, 0.4) is 0 Å². The van der Waals surface area contributed by atoms with E-state index >= 15 is 0 Å². The summed E-state index contributed by atoms with van der Waals surface area (Å²) in [6, 6.07) is 11.7. The van der Waals surface area contributed by atoms with E-state index in [4.69, 9.17) is 16.1 Å². The van der Waals surface area contributed by atoms with Crippen molar-refractivity contribution in [1.29, 1.82) is 0 Å². The quantitative estimate of drug-likeness (QED) is 0.490. The summed E-state index contributed by atoms with van der Waals surface area (Å²) in [6.07, 6.45) is 2.64. The van der Waals surface area contributed by atoms with Crippen LogP contribution in [0.1, 0.15) is 5.56 Å². The molecule has 1 N–H and O–H groups in total. The molecule has 0 spiro atoms. The predicted octanol–water partition coefficient (Wildman–Crippen LogP) is 4.91. The number of nitrogens with zero attached hydrogens (tertiary/aromatic N) is 3. The zero-order chi connectivity index (χ0) is 21.1. The summed E-state index contributed by atoms with van der Waals surface area (Å²) >= 11 is 5.89. The summed E-state index contributed by atoms with van der Waals surface area (Å²) in [6.45, 7) is 0. The Hall–Kier alpha value is -3.65. The van der Waals surface area contributed by atoms with Gasteiger partial charge in [-0.25, -0.2) is 18.7 Å². The van der Waals surface area contributed by atoms with E-state index < -0.39 is 17.5 Å². The SMILES string of the molecule is O=C(Cc1ccccc1F)Nc1onc(-c2ccc(F)c(Cl)c2)c1-c1ccncn1. The number of anilines is 1. The fourth-order valence-electron chi connectivity index (χ4n) is 2.88. The van der Waals surface area contributed by atoms with E-state index in [9.17, 15) is 13.6 Å². The molecule has 150 valence electrons. The van der Waals surface area contributed by atoms with E-state index in [1.165, 1.54) is 42.9 Å². The molecule has 2 aromatic heterocycles. The van der Waals surface area contributed by atoms with E-state index in [0.717, 1.165) is 0 Å². The molecule has 0 fully saturated rings. The number of aromatic nitrogens is 3. The zero-order valence-corrected chi connectivity index (χ0v) is 16.0. The molecule has 0 radical (unpaired) electrons. The van der Waals surface area contributed by atoms with Crippen molar-refractivity contribution in [3.8, 4) is 22.5 Å². The summed E-state index contributed by atoms with van der Waals surface area (Å²) in [5.41, 5.74) is 1.79. The number of nitrogens with one attached hydrogen (secondary N) is 1. The highest BCUT2D eigenvalue weighted by Gasteiger charge is 2.23. The lowest BCUT2D eigenvalue weighted by atomic mass is 10.0. The Morgan fingerprint density at radius 1 is 1.10 bits per heavy atom. The topological polar surface area (TPSA) is 80.9 Å². The van der Waals surface area contributed by atoms with Crippen LogP contribution in [0.25, 0.3) is 22.5 Å². The van der Waals surface area contributed by atoms with Gasteiger partial charge in [0.25, 0.3) is 0 Å². The van der Waals surface area contributed by atoms with Crippen LogP contribution in [-0.4, -0.2) is 21.0 Å². The van der Waals surface area contributed by atoms with Gasteiger partial charge in [-0.05, 0) is 35.9 Å². The molecule has 2 heterocycles. The Morgan fingerprint density at radius 2 is 1.93 bits per heavy atom. The molecular weight excluding hydrogens is 414 g/mol. The molecule has 4 aromatic rings. The number of benzene rings is 2. The lowest BCUT2D eigenvalue weighted by Crippen LogP contribution is -2.15. The smallest absolute Gasteiger partial charge is 0.241 e. The molecule has 0 aliphatic rings. The third-order valence-electron chi connectivity index (χ3n) is 4.29.